The lowest BCUT2D eigenvalue weighted by atomic mass is 10.1. The van der Waals surface area contributed by atoms with Crippen LogP contribution in [0, 0.1) is 11.8 Å². The zero-order valence-electron chi connectivity index (χ0n) is 10.7. The highest BCUT2D eigenvalue weighted by molar-refractivity contribution is 6.34. The van der Waals surface area contributed by atoms with Gasteiger partial charge in [-0.3, -0.25) is 0 Å². The Kier molecular flexibility index (Phi) is 5.31. The summed E-state index contributed by atoms with van der Waals surface area (Å²) in [5.74, 6) is 6.35. The number of hydrogen-bond acceptors (Lipinski definition) is 2. The number of hydrogen-bond donors (Lipinski definition) is 1. The molecule has 0 saturated carbocycles. The molecule has 0 bridgehead atoms. The second-order valence-corrected chi connectivity index (χ2v) is 4.91. The molecule has 0 radical (unpaired) electrons. The predicted octanol–water partition coefficient (Wildman–Crippen LogP) is 3.88. The third-order valence-corrected chi connectivity index (χ3v) is 3.12. The van der Waals surface area contributed by atoms with Gasteiger partial charge in [-0.1, -0.05) is 47.2 Å². The second kappa shape index (κ2) is 7.21. The Morgan fingerprint density at radius 3 is 2.50 bits per heavy atom. The summed E-state index contributed by atoms with van der Waals surface area (Å²) in [4.78, 5) is 0. The summed E-state index contributed by atoms with van der Waals surface area (Å²) in [6, 6.07) is 12.9. The molecule has 0 saturated heterocycles. The van der Waals surface area contributed by atoms with Gasteiger partial charge in [0.25, 0.3) is 0 Å². The van der Waals surface area contributed by atoms with Crippen molar-refractivity contribution < 1.29 is 4.74 Å². The molecule has 0 spiro atoms. The molecule has 0 unspecified atom stereocenters. The Morgan fingerprint density at radius 1 is 1.05 bits per heavy atom. The molecule has 102 valence electrons. The van der Waals surface area contributed by atoms with E-state index < -0.39 is 0 Å². The maximum atomic E-state index is 6.03. The van der Waals surface area contributed by atoms with Crippen molar-refractivity contribution >= 4 is 23.2 Å². The molecule has 0 aliphatic heterocycles. The molecule has 0 aliphatic carbocycles. The number of ether oxygens (including phenoxy) is 1. The lowest BCUT2D eigenvalue weighted by Crippen LogP contribution is -1.96. The van der Waals surface area contributed by atoms with E-state index in [2.05, 4.69) is 11.8 Å². The largest absolute Gasteiger partial charge is 0.487 e. The first kappa shape index (κ1) is 14.7. The Morgan fingerprint density at radius 2 is 1.80 bits per heavy atom. The van der Waals surface area contributed by atoms with Gasteiger partial charge in [0.05, 0.1) is 11.6 Å². The van der Waals surface area contributed by atoms with Gasteiger partial charge in [0.1, 0.15) is 12.4 Å². The molecule has 0 aromatic heterocycles. The van der Waals surface area contributed by atoms with E-state index in [1.807, 2.05) is 24.3 Å². The van der Waals surface area contributed by atoms with Crippen LogP contribution in [0.4, 0.5) is 0 Å². The van der Waals surface area contributed by atoms with Crippen molar-refractivity contribution in [2.24, 2.45) is 5.73 Å². The van der Waals surface area contributed by atoms with E-state index in [0.717, 1.165) is 11.1 Å². The van der Waals surface area contributed by atoms with Crippen LogP contribution in [0.5, 0.6) is 5.75 Å². The molecule has 0 atom stereocenters. The summed E-state index contributed by atoms with van der Waals surface area (Å²) in [6.45, 7) is 0.781. The van der Waals surface area contributed by atoms with E-state index in [0.29, 0.717) is 28.9 Å². The molecular formula is C16H13Cl2NO. The monoisotopic (exact) mass is 305 g/mol. The fraction of sp³-hybridized carbons (Fsp3) is 0.125. The molecule has 20 heavy (non-hydrogen) atoms. The van der Waals surface area contributed by atoms with Gasteiger partial charge in [-0.2, -0.15) is 0 Å². The van der Waals surface area contributed by atoms with Crippen LogP contribution in [0.15, 0.2) is 42.5 Å². The molecule has 4 heteroatoms. The maximum absolute atomic E-state index is 6.03. The molecular weight excluding hydrogens is 293 g/mol. The quantitative estimate of drug-likeness (QED) is 0.873. The van der Waals surface area contributed by atoms with Gasteiger partial charge < -0.3 is 10.5 Å². The average Bonchev–Trinajstić information content (AvgIpc) is 2.47. The lowest BCUT2D eigenvalue weighted by Gasteiger charge is -2.08. The van der Waals surface area contributed by atoms with Crippen molar-refractivity contribution in [3.63, 3.8) is 0 Å². The minimum Gasteiger partial charge on any atom is -0.487 e. The topological polar surface area (TPSA) is 35.2 Å². The van der Waals surface area contributed by atoms with E-state index in [4.69, 9.17) is 33.7 Å². The molecule has 2 aromatic carbocycles. The zero-order valence-corrected chi connectivity index (χ0v) is 12.2. The molecule has 2 nitrogen and oxygen atoms in total. The Bertz CT molecular complexity index is 642. The Hall–Kier alpha value is -1.66. The Labute approximate surface area is 128 Å². The number of nitrogens with two attached hydrogens (primary N) is 1. The molecule has 2 rings (SSSR count). The van der Waals surface area contributed by atoms with Gasteiger partial charge >= 0.3 is 0 Å². The fourth-order valence-corrected chi connectivity index (χ4v) is 1.92. The van der Waals surface area contributed by atoms with Crippen molar-refractivity contribution in [1.82, 2.24) is 0 Å². The van der Waals surface area contributed by atoms with Gasteiger partial charge in [0.15, 0.2) is 0 Å². The maximum Gasteiger partial charge on any atom is 0.139 e. The van der Waals surface area contributed by atoms with E-state index in [-0.39, 0.29) is 0 Å². The third-order valence-electron chi connectivity index (χ3n) is 2.58. The number of halogens is 2. The summed E-state index contributed by atoms with van der Waals surface area (Å²) in [7, 11) is 0. The summed E-state index contributed by atoms with van der Waals surface area (Å²) >= 11 is 11.9. The smallest absolute Gasteiger partial charge is 0.139 e. The van der Waals surface area contributed by atoms with Crippen LogP contribution in [-0.2, 0) is 6.61 Å². The van der Waals surface area contributed by atoms with Crippen molar-refractivity contribution in [1.29, 1.82) is 0 Å². The van der Waals surface area contributed by atoms with E-state index >= 15 is 0 Å². The highest BCUT2D eigenvalue weighted by atomic mass is 35.5. The second-order valence-electron chi connectivity index (χ2n) is 4.07. The lowest BCUT2D eigenvalue weighted by molar-refractivity contribution is 0.306. The zero-order chi connectivity index (χ0) is 14.4. The van der Waals surface area contributed by atoms with Crippen LogP contribution in [0.3, 0.4) is 0 Å². The summed E-state index contributed by atoms with van der Waals surface area (Å²) < 4.78 is 5.65. The van der Waals surface area contributed by atoms with Gasteiger partial charge in [-0.25, -0.2) is 0 Å². The Balaban J connectivity index is 2.02. The van der Waals surface area contributed by atoms with Crippen LogP contribution < -0.4 is 10.5 Å². The van der Waals surface area contributed by atoms with E-state index in [1.165, 1.54) is 0 Å². The van der Waals surface area contributed by atoms with Crippen molar-refractivity contribution in [3.05, 3.63) is 63.6 Å². The van der Waals surface area contributed by atoms with Crippen LogP contribution >= 0.6 is 23.2 Å². The molecule has 0 aliphatic rings. The SMILES string of the molecule is NCC#Cc1ccc(COc2cc(Cl)ccc2Cl)cc1. The van der Waals surface area contributed by atoms with Gasteiger partial charge in [-0.05, 0) is 29.8 Å². The normalized spacial score (nSPS) is 9.75. The summed E-state index contributed by atoms with van der Waals surface area (Å²) in [6.07, 6.45) is 0. The minimum atomic E-state index is 0.359. The third kappa shape index (κ3) is 4.18. The van der Waals surface area contributed by atoms with Crippen LogP contribution in [0.25, 0.3) is 0 Å². The molecule has 0 fully saturated rings. The molecule has 0 heterocycles. The highest BCUT2D eigenvalue weighted by Gasteiger charge is 2.03. The molecule has 0 amide bonds. The first-order valence-electron chi connectivity index (χ1n) is 6.05. The van der Waals surface area contributed by atoms with Crippen molar-refractivity contribution in [2.45, 2.75) is 6.61 Å². The first-order chi connectivity index (χ1) is 9.69. The van der Waals surface area contributed by atoms with Crippen LogP contribution in [-0.4, -0.2) is 6.54 Å². The predicted molar refractivity (Wildman–Crippen MR) is 83.2 cm³/mol. The van der Waals surface area contributed by atoms with E-state index in [1.54, 1.807) is 18.2 Å². The number of benzene rings is 2. The van der Waals surface area contributed by atoms with Gasteiger partial charge in [0.2, 0.25) is 0 Å². The van der Waals surface area contributed by atoms with Crippen LogP contribution in [0.2, 0.25) is 10.0 Å². The van der Waals surface area contributed by atoms with Gasteiger partial charge in [-0.15, -0.1) is 0 Å². The summed E-state index contributed by atoms with van der Waals surface area (Å²) in [5, 5.41) is 1.14. The van der Waals surface area contributed by atoms with Crippen molar-refractivity contribution in [2.75, 3.05) is 6.54 Å². The first-order valence-corrected chi connectivity index (χ1v) is 6.80. The van der Waals surface area contributed by atoms with E-state index in [9.17, 15) is 0 Å². The number of rotatable bonds is 3. The average molecular weight is 306 g/mol. The fourth-order valence-electron chi connectivity index (χ4n) is 1.59. The molecule has 2 N–H and O–H groups in total. The van der Waals surface area contributed by atoms with Crippen LogP contribution in [0.1, 0.15) is 11.1 Å². The molecule has 2 aromatic rings. The minimum absolute atomic E-state index is 0.359. The standard InChI is InChI=1S/C16H13Cl2NO/c17-14-7-8-15(18)16(10-14)20-11-13-5-3-12(4-6-13)2-1-9-19/h3-8,10H,9,11,19H2. The van der Waals surface area contributed by atoms with Gasteiger partial charge in [0, 0.05) is 16.7 Å². The van der Waals surface area contributed by atoms with Crippen molar-refractivity contribution in [3.8, 4) is 17.6 Å². The highest BCUT2D eigenvalue weighted by Crippen LogP contribution is 2.28. The summed E-state index contributed by atoms with van der Waals surface area (Å²) in [5.41, 5.74) is 7.29.